The lowest BCUT2D eigenvalue weighted by atomic mass is 9.68. The Bertz CT molecular complexity index is 650. The highest BCUT2D eigenvalue weighted by molar-refractivity contribution is 5.29. The van der Waals surface area contributed by atoms with Crippen LogP contribution in [0.4, 0.5) is 17.6 Å². The maximum Gasteiger partial charge on any atom is 0.416 e. The summed E-state index contributed by atoms with van der Waals surface area (Å²) in [6.45, 7) is 2.26. The summed E-state index contributed by atoms with van der Waals surface area (Å²) in [6.07, 6.45) is 14.6. The van der Waals surface area contributed by atoms with Crippen LogP contribution in [0.2, 0.25) is 0 Å². The van der Waals surface area contributed by atoms with Crippen LogP contribution in [0.15, 0.2) is 18.2 Å². The van der Waals surface area contributed by atoms with Gasteiger partial charge in [-0.1, -0.05) is 70.8 Å². The van der Waals surface area contributed by atoms with Crippen molar-refractivity contribution in [2.75, 3.05) is 0 Å². The Labute approximate surface area is 186 Å². The molecule has 0 nitrogen and oxygen atoms in total. The number of halogens is 4. The Hall–Kier alpha value is -1.06. The summed E-state index contributed by atoms with van der Waals surface area (Å²) in [6, 6.07) is 3.08. The van der Waals surface area contributed by atoms with Gasteiger partial charge in [-0.2, -0.15) is 13.2 Å². The van der Waals surface area contributed by atoms with E-state index in [2.05, 4.69) is 6.92 Å². The van der Waals surface area contributed by atoms with Gasteiger partial charge in [0.05, 0.1) is 5.56 Å². The van der Waals surface area contributed by atoms with Gasteiger partial charge in [-0.15, -0.1) is 0 Å². The Morgan fingerprint density at radius 2 is 1.35 bits per heavy atom. The Morgan fingerprint density at radius 3 is 1.94 bits per heavy atom. The van der Waals surface area contributed by atoms with Crippen LogP contribution in [0.3, 0.4) is 0 Å². The van der Waals surface area contributed by atoms with Gasteiger partial charge in [0.2, 0.25) is 0 Å². The van der Waals surface area contributed by atoms with E-state index in [1.54, 1.807) is 0 Å². The van der Waals surface area contributed by atoms with Crippen LogP contribution in [-0.4, -0.2) is 0 Å². The summed E-state index contributed by atoms with van der Waals surface area (Å²) in [5.74, 6) is 1.83. The van der Waals surface area contributed by atoms with E-state index in [4.69, 9.17) is 0 Å². The highest BCUT2D eigenvalue weighted by Crippen LogP contribution is 2.45. The van der Waals surface area contributed by atoms with Gasteiger partial charge in [0.15, 0.2) is 0 Å². The monoisotopic (exact) mass is 440 g/mol. The quantitative estimate of drug-likeness (QED) is 0.265. The minimum Gasteiger partial charge on any atom is -0.207 e. The number of hydrogen-bond donors (Lipinski definition) is 0. The molecule has 0 saturated heterocycles. The van der Waals surface area contributed by atoms with Crippen LogP contribution >= 0.6 is 0 Å². The minimum atomic E-state index is -4.48. The van der Waals surface area contributed by atoms with Gasteiger partial charge in [0, 0.05) is 0 Å². The molecule has 0 bridgehead atoms. The summed E-state index contributed by atoms with van der Waals surface area (Å²) < 4.78 is 52.7. The van der Waals surface area contributed by atoms with Crippen molar-refractivity contribution in [3.63, 3.8) is 0 Å². The molecule has 2 aliphatic carbocycles. The fourth-order valence-corrected chi connectivity index (χ4v) is 6.10. The van der Waals surface area contributed by atoms with Crippen molar-refractivity contribution in [1.82, 2.24) is 0 Å². The van der Waals surface area contributed by atoms with Gasteiger partial charge in [0.25, 0.3) is 0 Å². The van der Waals surface area contributed by atoms with Crippen molar-refractivity contribution in [3.8, 4) is 0 Å². The van der Waals surface area contributed by atoms with Crippen molar-refractivity contribution in [2.45, 2.75) is 115 Å². The predicted octanol–water partition coefficient (Wildman–Crippen LogP) is 9.68. The molecule has 0 N–H and O–H groups in total. The van der Waals surface area contributed by atoms with Crippen LogP contribution < -0.4 is 0 Å². The molecule has 0 atom stereocenters. The number of alkyl halides is 3. The lowest BCUT2D eigenvalue weighted by Gasteiger charge is -2.38. The van der Waals surface area contributed by atoms with Crippen LogP contribution in [0, 0.1) is 23.6 Å². The van der Waals surface area contributed by atoms with E-state index < -0.39 is 17.6 Å². The highest BCUT2D eigenvalue weighted by atomic mass is 19.4. The summed E-state index contributed by atoms with van der Waals surface area (Å²) in [4.78, 5) is 0. The molecule has 0 heterocycles. The summed E-state index contributed by atoms with van der Waals surface area (Å²) in [5, 5.41) is 0. The summed E-state index contributed by atoms with van der Waals surface area (Å²) >= 11 is 0. The zero-order valence-electron chi connectivity index (χ0n) is 19.2. The van der Waals surface area contributed by atoms with Crippen molar-refractivity contribution in [1.29, 1.82) is 0 Å². The SMILES string of the molecule is CCCCCCCCC1CCC(C2CCC(c3ccc(C(F)(F)F)cc3F)CC2)CC1. The first-order valence-corrected chi connectivity index (χ1v) is 12.7. The molecule has 0 aromatic heterocycles. The summed E-state index contributed by atoms with van der Waals surface area (Å²) in [7, 11) is 0. The third-order valence-electron chi connectivity index (χ3n) is 8.06. The van der Waals surface area contributed by atoms with E-state index in [0.29, 0.717) is 11.6 Å². The molecule has 1 aromatic carbocycles. The van der Waals surface area contributed by atoms with E-state index in [0.717, 1.165) is 49.5 Å². The lowest BCUT2D eigenvalue weighted by Crippen LogP contribution is -2.25. The van der Waals surface area contributed by atoms with Crippen LogP contribution in [0.5, 0.6) is 0 Å². The van der Waals surface area contributed by atoms with E-state index >= 15 is 0 Å². The molecule has 3 rings (SSSR count). The first kappa shape index (κ1) is 24.6. The first-order chi connectivity index (χ1) is 14.9. The van der Waals surface area contributed by atoms with Crippen LogP contribution in [-0.2, 0) is 6.18 Å². The molecule has 1 aromatic rings. The highest BCUT2D eigenvalue weighted by Gasteiger charge is 2.34. The maximum atomic E-state index is 14.3. The second kappa shape index (κ2) is 11.7. The van der Waals surface area contributed by atoms with Gasteiger partial charge >= 0.3 is 6.18 Å². The average molecular weight is 441 g/mol. The zero-order chi connectivity index (χ0) is 22.3. The van der Waals surface area contributed by atoms with Crippen LogP contribution in [0.25, 0.3) is 0 Å². The third-order valence-corrected chi connectivity index (χ3v) is 8.06. The molecule has 0 amide bonds. The maximum absolute atomic E-state index is 14.3. The Balaban J connectivity index is 1.38. The molecule has 2 aliphatic rings. The molecular formula is C27H40F4. The average Bonchev–Trinajstić information content (AvgIpc) is 2.76. The molecular weight excluding hydrogens is 400 g/mol. The zero-order valence-corrected chi connectivity index (χ0v) is 19.2. The molecule has 0 aliphatic heterocycles. The molecule has 0 radical (unpaired) electrons. The predicted molar refractivity (Wildman–Crippen MR) is 120 cm³/mol. The van der Waals surface area contributed by atoms with Crippen molar-refractivity contribution in [2.24, 2.45) is 17.8 Å². The molecule has 176 valence electrons. The third kappa shape index (κ3) is 7.22. The molecule has 2 saturated carbocycles. The number of rotatable bonds is 9. The Kier molecular flexibility index (Phi) is 9.28. The Morgan fingerprint density at radius 1 is 0.774 bits per heavy atom. The second-order valence-electron chi connectivity index (χ2n) is 10.2. The van der Waals surface area contributed by atoms with Crippen molar-refractivity contribution < 1.29 is 17.6 Å². The molecule has 4 heteroatoms. The van der Waals surface area contributed by atoms with Gasteiger partial charge in [0.1, 0.15) is 5.82 Å². The van der Waals surface area contributed by atoms with E-state index in [-0.39, 0.29) is 5.92 Å². The van der Waals surface area contributed by atoms with Crippen molar-refractivity contribution in [3.05, 3.63) is 35.1 Å². The van der Waals surface area contributed by atoms with E-state index in [9.17, 15) is 17.6 Å². The normalized spacial score (nSPS) is 27.4. The topological polar surface area (TPSA) is 0 Å². The minimum absolute atomic E-state index is 0.0718. The molecule has 0 spiro atoms. The largest absolute Gasteiger partial charge is 0.416 e. The van der Waals surface area contributed by atoms with Gasteiger partial charge in [-0.3, -0.25) is 0 Å². The number of benzene rings is 1. The smallest absolute Gasteiger partial charge is 0.207 e. The second-order valence-corrected chi connectivity index (χ2v) is 10.2. The van der Waals surface area contributed by atoms with E-state index in [1.165, 1.54) is 76.7 Å². The van der Waals surface area contributed by atoms with Crippen molar-refractivity contribution >= 4 is 0 Å². The molecule has 0 unspecified atom stereocenters. The lowest BCUT2D eigenvalue weighted by molar-refractivity contribution is -0.137. The van der Waals surface area contributed by atoms with Gasteiger partial charge in [-0.25, -0.2) is 4.39 Å². The van der Waals surface area contributed by atoms with Gasteiger partial charge < -0.3 is 0 Å². The first-order valence-electron chi connectivity index (χ1n) is 12.7. The number of unbranched alkanes of at least 4 members (excludes halogenated alkanes) is 5. The summed E-state index contributed by atoms with van der Waals surface area (Å²) in [5.41, 5.74) is -0.408. The van der Waals surface area contributed by atoms with E-state index in [1.807, 2.05) is 0 Å². The van der Waals surface area contributed by atoms with Gasteiger partial charge in [-0.05, 0) is 79.9 Å². The fourth-order valence-electron chi connectivity index (χ4n) is 6.10. The molecule has 2 fully saturated rings. The van der Waals surface area contributed by atoms with Crippen LogP contribution in [0.1, 0.15) is 120 Å². The standard InChI is InChI=1S/C27H40F4/c1-2-3-4-5-6-7-8-20-9-11-21(12-10-20)22-13-15-23(16-14-22)25-18-17-24(19-26(25)28)27(29,30)31/h17-23H,2-16H2,1H3. The fraction of sp³-hybridized carbons (Fsp3) is 0.778. The molecule has 31 heavy (non-hydrogen) atoms. The number of hydrogen-bond acceptors (Lipinski definition) is 0.